The van der Waals surface area contributed by atoms with Crippen LogP contribution in [0.3, 0.4) is 0 Å². The van der Waals surface area contributed by atoms with Crippen LogP contribution >= 0.6 is 6.72 Å². The molecule has 0 heterocycles. The third kappa shape index (κ3) is 59.6. The second-order valence-corrected chi connectivity index (χ2v) is 2.68. The Labute approximate surface area is 55.8 Å². The summed E-state index contributed by atoms with van der Waals surface area (Å²) in [5.41, 5.74) is 0. The zero-order valence-corrected chi connectivity index (χ0v) is 6.26. The van der Waals surface area contributed by atoms with Crippen molar-refractivity contribution in [3.8, 4) is 0 Å². The molecule has 0 amide bonds. The average molecular weight is 308 g/mol. The van der Waals surface area contributed by atoms with Crippen LogP contribution in [0.1, 0.15) is 0 Å². The van der Waals surface area contributed by atoms with E-state index in [1.807, 2.05) is 0 Å². The molecule has 0 atom stereocenters. The average Bonchev–Trinajstić information content (AvgIpc) is 0.722. The summed E-state index contributed by atoms with van der Waals surface area (Å²) in [5, 5.41) is 0. The molecule has 0 rings (SSSR count). The van der Waals surface area contributed by atoms with Crippen LogP contribution in [0.2, 0.25) is 0 Å². The van der Waals surface area contributed by atoms with Crippen LogP contribution < -0.4 is 14.7 Å². The molecule has 0 aromatic rings. The summed E-state index contributed by atoms with van der Waals surface area (Å²) < 4.78 is 0. The van der Waals surface area contributed by atoms with E-state index in [0.717, 1.165) is 0 Å². The van der Waals surface area contributed by atoms with Crippen molar-refractivity contribution in [3.05, 3.63) is 0 Å². The normalized spacial score (nSPS) is 9.83. The minimum atomic E-state index is -4.56. The SMILES string of the molecule is [Au+3].[O-]P([O-])([O-])=S. The molecule has 0 saturated heterocycles. The zero-order chi connectivity index (χ0) is 4.50. The van der Waals surface area contributed by atoms with Gasteiger partial charge in [0.25, 0.3) is 0 Å². The van der Waals surface area contributed by atoms with Gasteiger partial charge in [0.15, 0.2) is 0 Å². The molecule has 0 aliphatic carbocycles. The fourth-order valence-electron chi connectivity index (χ4n) is 0. The molecule has 0 radical (unpaired) electrons. The molecule has 0 saturated carbocycles. The number of hydrogen-bond acceptors (Lipinski definition) is 4. The third-order valence-corrected chi connectivity index (χ3v) is 0. The van der Waals surface area contributed by atoms with Gasteiger partial charge >= 0.3 is 22.4 Å². The molecule has 6 heavy (non-hydrogen) atoms. The molecule has 0 spiro atoms. The first-order valence-corrected chi connectivity index (χ1v) is 3.29. The summed E-state index contributed by atoms with van der Waals surface area (Å²) in [5.74, 6) is 0. The monoisotopic (exact) mass is 308 g/mol. The van der Waals surface area contributed by atoms with Gasteiger partial charge in [-0.05, 0) is 0 Å². The van der Waals surface area contributed by atoms with Crippen molar-refractivity contribution in [3.63, 3.8) is 0 Å². The van der Waals surface area contributed by atoms with E-state index in [1.54, 1.807) is 0 Å². The minimum absolute atomic E-state index is 0. The van der Waals surface area contributed by atoms with E-state index in [1.165, 1.54) is 0 Å². The fourth-order valence-corrected chi connectivity index (χ4v) is 0. The van der Waals surface area contributed by atoms with Crippen molar-refractivity contribution in [2.45, 2.75) is 0 Å². The summed E-state index contributed by atoms with van der Waals surface area (Å²) in [4.78, 5) is 26.8. The van der Waals surface area contributed by atoms with Gasteiger partial charge < -0.3 is 21.4 Å². The predicted molar refractivity (Wildman–Crippen MR) is 14.3 cm³/mol. The third-order valence-electron chi connectivity index (χ3n) is 0. The maximum Gasteiger partial charge on any atom is 3.00 e. The fraction of sp³-hybridized carbons (Fsp3) is 0. The van der Waals surface area contributed by atoms with E-state index in [4.69, 9.17) is 14.7 Å². The van der Waals surface area contributed by atoms with E-state index in [-0.39, 0.29) is 22.4 Å². The van der Waals surface area contributed by atoms with Crippen molar-refractivity contribution in [1.82, 2.24) is 0 Å². The van der Waals surface area contributed by atoms with Crippen molar-refractivity contribution >= 4 is 18.5 Å². The van der Waals surface area contributed by atoms with Crippen LogP contribution in [0.15, 0.2) is 0 Å². The molecule has 40 valence electrons. The maximum absolute atomic E-state index is 8.92. The Kier molecular flexibility index (Phi) is 5.65. The second-order valence-electron chi connectivity index (χ2n) is 0.447. The van der Waals surface area contributed by atoms with Crippen molar-refractivity contribution in [1.29, 1.82) is 0 Å². The van der Waals surface area contributed by atoms with Gasteiger partial charge in [-0.25, -0.2) is 0 Å². The van der Waals surface area contributed by atoms with Gasteiger partial charge in [-0.3, -0.25) is 0 Å². The molecular weight excluding hydrogens is 308 g/mol. The summed E-state index contributed by atoms with van der Waals surface area (Å²) >= 11 is 3.27. The van der Waals surface area contributed by atoms with E-state index in [0.29, 0.717) is 0 Å². The zero-order valence-electron chi connectivity index (χ0n) is 2.38. The van der Waals surface area contributed by atoms with E-state index in [2.05, 4.69) is 11.8 Å². The first-order valence-electron chi connectivity index (χ1n) is 0.730. The van der Waals surface area contributed by atoms with Crippen LogP contribution in [-0.4, -0.2) is 0 Å². The van der Waals surface area contributed by atoms with Gasteiger partial charge in [-0.1, -0.05) is 0 Å². The van der Waals surface area contributed by atoms with Crippen molar-refractivity contribution in [2.75, 3.05) is 0 Å². The van der Waals surface area contributed by atoms with Gasteiger partial charge in [0.05, 0.1) is 0 Å². The molecule has 6 heteroatoms. The summed E-state index contributed by atoms with van der Waals surface area (Å²) in [6.07, 6.45) is 0. The van der Waals surface area contributed by atoms with E-state index < -0.39 is 6.72 Å². The van der Waals surface area contributed by atoms with E-state index >= 15 is 0 Å². The smallest absolute Gasteiger partial charge is 0.844 e. The molecule has 0 fully saturated rings. The summed E-state index contributed by atoms with van der Waals surface area (Å²) in [6, 6.07) is 0. The summed E-state index contributed by atoms with van der Waals surface area (Å²) in [6.45, 7) is -4.56. The first kappa shape index (κ1) is 10.3. The Hall–Kier alpha value is 1.27. The van der Waals surface area contributed by atoms with Crippen molar-refractivity contribution in [2.24, 2.45) is 0 Å². The van der Waals surface area contributed by atoms with Gasteiger partial charge in [0.1, 0.15) is 0 Å². The topological polar surface area (TPSA) is 69.2 Å². The molecule has 0 N–H and O–H groups in total. The quantitative estimate of drug-likeness (QED) is 0.360. The van der Waals surface area contributed by atoms with Gasteiger partial charge in [0, 0.05) is 0 Å². The number of rotatable bonds is 0. The van der Waals surface area contributed by atoms with Crippen LogP contribution in [0.4, 0.5) is 0 Å². The standard InChI is InChI=1S/Au.H3O3PS/c;1-4(2,3)5/h;(H3,1,2,3,5)/q+3;/p-3. The first-order chi connectivity index (χ1) is 2.00. The molecule has 0 bridgehead atoms. The van der Waals surface area contributed by atoms with Gasteiger partial charge in [-0.2, -0.15) is 11.8 Å². The Morgan fingerprint density at radius 2 is 1.17 bits per heavy atom. The number of hydrogen-bond donors (Lipinski definition) is 0. The Bertz CT molecular complexity index is 56.9. The molecule has 0 aromatic heterocycles. The molecular formula is AuO3PS. The molecule has 0 aliphatic rings. The Morgan fingerprint density at radius 1 is 1.17 bits per heavy atom. The second kappa shape index (κ2) is 3.29. The van der Waals surface area contributed by atoms with Crippen LogP contribution in [0.5, 0.6) is 0 Å². The molecule has 0 unspecified atom stereocenters. The van der Waals surface area contributed by atoms with Crippen LogP contribution in [-0.2, 0) is 34.2 Å². The molecule has 3 nitrogen and oxygen atoms in total. The van der Waals surface area contributed by atoms with Crippen LogP contribution in [0, 0.1) is 0 Å². The largest absolute Gasteiger partial charge is 3.00 e. The molecule has 0 aromatic carbocycles. The van der Waals surface area contributed by atoms with Gasteiger partial charge in [-0.15, -0.1) is 0 Å². The Balaban J connectivity index is 0. The molecule has 0 aliphatic heterocycles. The Morgan fingerprint density at radius 3 is 1.17 bits per heavy atom. The van der Waals surface area contributed by atoms with E-state index in [9.17, 15) is 0 Å². The predicted octanol–water partition coefficient (Wildman–Crippen LogP) is -2.71. The van der Waals surface area contributed by atoms with Crippen molar-refractivity contribution < 1.29 is 37.1 Å². The maximum atomic E-state index is 8.92. The van der Waals surface area contributed by atoms with Crippen LogP contribution in [0.25, 0.3) is 0 Å². The van der Waals surface area contributed by atoms with Gasteiger partial charge in [0.2, 0.25) is 0 Å². The summed E-state index contributed by atoms with van der Waals surface area (Å²) in [7, 11) is 0. The minimum Gasteiger partial charge on any atom is -0.844 e.